The molecule has 7 heteroatoms. The molecule has 1 aromatic heterocycles. The third-order valence-electron chi connectivity index (χ3n) is 4.94. The van der Waals surface area contributed by atoms with Gasteiger partial charge in [0.25, 0.3) is 0 Å². The first-order valence-electron chi connectivity index (χ1n) is 8.29. The van der Waals surface area contributed by atoms with Crippen LogP contribution in [0.25, 0.3) is 0 Å². The van der Waals surface area contributed by atoms with Gasteiger partial charge in [-0.15, -0.1) is 0 Å². The maximum atomic E-state index is 12.6. The van der Waals surface area contributed by atoms with E-state index in [2.05, 4.69) is 4.98 Å². The monoisotopic (exact) mass is 338 g/mol. The Bertz CT molecular complexity index is 647. The summed E-state index contributed by atoms with van der Waals surface area (Å²) in [6.45, 7) is 1.43. The zero-order valence-corrected chi connectivity index (χ0v) is 13.8. The van der Waals surface area contributed by atoms with Crippen molar-refractivity contribution in [2.45, 2.75) is 55.8 Å². The lowest BCUT2D eigenvalue weighted by molar-refractivity contribution is -0.100. The van der Waals surface area contributed by atoms with Gasteiger partial charge in [-0.2, -0.15) is 4.31 Å². The summed E-state index contributed by atoms with van der Waals surface area (Å²) in [5.74, 6) is 0. The van der Waals surface area contributed by atoms with Gasteiger partial charge < -0.3 is 9.47 Å². The lowest BCUT2D eigenvalue weighted by Gasteiger charge is -2.38. The molecule has 3 atom stereocenters. The third kappa shape index (κ3) is 3.03. The van der Waals surface area contributed by atoms with Gasteiger partial charge in [0.05, 0.1) is 30.6 Å². The molecule has 126 valence electrons. The molecule has 2 aliphatic carbocycles. The van der Waals surface area contributed by atoms with Gasteiger partial charge in [0.15, 0.2) is 0 Å². The number of ether oxygens (including phenoxy) is 2. The number of rotatable bonds is 5. The largest absolute Gasteiger partial charge is 0.372 e. The first-order chi connectivity index (χ1) is 11.2. The van der Waals surface area contributed by atoms with Gasteiger partial charge in [-0.05, 0) is 37.3 Å². The Labute approximate surface area is 136 Å². The van der Waals surface area contributed by atoms with E-state index >= 15 is 0 Å². The fourth-order valence-corrected chi connectivity index (χ4v) is 5.67. The second kappa shape index (κ2) is 6.12. The van der Waals surface area contributed by atoms with Crippen molar-refractivity contribution in [2.24, 2.45) is 0 Å². The first-order valence-corrected chi connectivity index (χ1v) is 9.79. The molecule has 0 bridgehead atoms. The second-order valence-corrected chi connectivity index (χ2v) is 8.71. The maximum absolute atomic E-state index is 12.6. The van der Waals surface area contributed by atoms with Crippen LogP contribution in [0.2, 0.25) is 0 Å². The van der Waals surface area contributed by atoms with Crippen LogP contribution < -0.4 is 0 Å². The van der Waals surface area contributed by atoms with Crippen LogP contribution in [0.15, 0.2) is 24.5 Å². The Balaban J connectivity index is 1.43. The summed E-state index contributed by atoms with van der Waals surface area (Å²) >= 11 is 0. The highest BCUT2D eigenvalue weighted by atomic mass is 32.2. The van der Waals surface area contributed by atoms with E-state index in [0.29, 0.717) is 19.8 Å². The molecule has 4 rings (SSSR count). The van der Waals surface area contributed by atoms with Crippen molar-refractivity contribution in [3.8, 4) is 0 Å². The number of morpholine rings is 1. The van der Waals surface area contributed by atoms with Gasteiger partial charge in [-0.3, -0.25) is 4.98 Å². The molecule has 0 N–H and O–H groups in total. The van der Waals surface area contributed by atoms with E-state index in [1.54, 1.807) is 16.7 Å². The summed E-state index contributed by atoms with van der Waals surface area (Å²) < 4.78 is 38.8. The molecule has 0 amide bonds. The summed E-state index contributed by atoms with van der Waals surface area (Å²) in [7, 11) is -3.15. The average Bonchev–Trinajstić information content (AvgIpc) is 3.35. The van der Waals surface area contributed by atoms with E-state index in [0.717, 1.165) is 31.2 Å². The van der Waals surface area contributed by atoms with Crippen LogP contribution in [0.3, 0.4) is 0 Å². The fraction of sp³-hybridized carbons (Fsp3) is 0.688. The SMILES string of the molecule is O=S(=O)(C1CC1)N1CCO[C@H]2[C@H](OCc3cccnc3)CC[C@@H]21. The van der Waals surface area contributed by atoms with E-state index in [1.165, 1.54) is 0 Å². The molecule has 1 saturated heterocycles. The lowest BCUT2D eigenvalue weighted by atomic mass is 10.1. The number of hydrogen-bond donors (Lipinski definition) is 0. The van der Waals surface area contributed by atoms with Crippen molar-refractivity contribution < 1.29 is 17.9 Å². The summed E-state index contributed by atoms with van der Waals surface area (Å²) in [4.78, 5) is 4.08. The number of fused-ring (bicyclic) bond motifs is 1. The Hall–Kier alpha value is -1.02. The van der Waals surface area contributed by atoms with Crippen molar-refractivity contribution >= 4 is 10.0 Å². The quantitative estimate of drug-likeness (QED) is 0.810. The highest BCUT2D eigenvalue weighted by Gasteiger charge is 2.50. The molecule has 1 aromatic rings. The van der Waals surface area contributed by atoms with Crippen molar-refractivity contribution in [1.29, 1.82) is 0 Å². The Morgan fingerprint density at radius 1 is 1.30 bits per heavy atom. The smallest absolute Gasteiger partial charge is 0.217 e. The van der Waals surface area contributed by atoms with Crippen LogP contribution in [0.4, 0.5) is 0 Å². The Morgan fingerprint density at radius 3 is 2.91 bits per heavy atom. The van der Waals surface area contributed by atoms with E-state index < -0.39 is 10.0 Å². The minimum Gasteiger partial charge on any atom is -0.372 e. The second-order valence-electron chi connectivity index (χ2n) is 6.55. The molecule has 2 heterocycles. The minimum atomic E-state index is -3.15. The van der Waals surface area contributed by atoms with Crippen LogP contribution in [-0.2, 0) is 26.1 Å². The van der Waals surface area contributed by atoms with Crippen LogP contribution >= 0.6 is 0 Å². The highest BCUT2D eigenvalue weighted by Crippen LogP contribution is 2.38. The number of pyridine rings is 1. The summed E-state index contributed by atoms with van der Waals surface area (Å²) in [5, 5.41) is -0.156. The van der Waals surface area contributed by atoms with E-state index in [1.807, 2.05) is 12.1 Å². The first kappa shape index (κ1) is 15.5. The molecule has 23 heavy (non-hydrogen) atoms. The molecular formula is C16H22N2O4S. The molecule has 1 aliphatic heterocycles. The average molecular weight is 338 g/mol. The molecule has 2 saturated carbocycles. The molecule has 6 nitrogen and oxygen atoms in total. The van der Waals surface area contributed by atoms with Crippen LogP contribution in [0, 0.1) is 0 Å². The summed E-state index contributed by atoms with van der Waals surface area (Å²) in [5.41, 5.74) is 1.02. The third-order valence-corrected chi connectivity index (χ3v) is 7.36. The van der Waals surface area contributed by atoms with E-state index in [4.69, 9.17) is 9.47 Å². The normalized spacial score (nSPS) is 31.9. The number of hydrogen-bond acceptors (Lipinski definition) is 5. The molecule has 0 spiro atoms. The van der Waals surface area contributed by atoms with Crippen LogP contribution in [-0.4, -0.2) is 54.4 Å². The van der Waals surface area contributed by atoms with Gasteiger partial charge in [0, 0.05) is 18.9 Å². The molecule has 3 fully saturated rings. The fourth-order valence-electron chi connectivity index (χ4n) is 3.62. The zero-order valence-electron chi connectivity index (χ0n) is 13.0. The van der Waals surface area contributed by atoms with E-state index in [9.17, 15) is 8.42 Å². The van der Waals surface area contributed by atoms with Gasteiger partial charge in [-0.1, -0.05) is 6.07 Å². The molecule has 0 unspecified atom stereocenters. The van der Waals surface area contributed by atoms with Crippen molar-refractivity contribution in [2.75, 3.05) is 13.2 Å². The Kier molecular flexibility index (Phi) is 4.13. The number of nitrogens with zero attached hydrogens (tertiary/aromatic N) is 2. The molecular weight excluding hydrogens is 316 g/mol. The molecule has 3 aliphatic rings. The highest BCUT2D eigenvalue weighted by molar-refractivity contribution is 7.90. The molecule has 0 aromatic carbocycles. The van der Waals surface area contributed by atoms with Gasteiger partial charge >= 0.3 is 0 Å². The van der Waals surface area contributed by atoms with Crippen molar-refractivity contribution in [3.63, 3.8) is 0 Å². The number of aromatic nitrogens is 1. The predicted molar refractivity (Wildman–Crippen MR) is 84.2 cm³/mol. The minimum absolute atomic E-state index is 0.0441. The van der Waals surface area contributed by atoms with Crippen LogP contribution in [0.1, 0.15) is 31.2 Å². The summed E-state index contributed by atoms with van der Waals surface area (Å²) in [6, 6.07) is 3.80. The predicted octanol–water partition coefficient (Wildman–Crippen LogP) is 1.32. The van der Waals surface area contributed by atoms with Gasteiger partial charge in [0.1, 0.15) is 6.10 Å². The summed E-state index contributed by atoms with van der Waals surface area (Å²) in [6.07, 6.45) is 6.60. The van der Waals surface area contributed by atoms with Crippen molar-refractivity contribution in [3.05, 3.63) is 30.1 Å². The van der Waals surface area contributed by atoms with Gasteiger partial charge in [0.2, 0.25) is 10.0 Å². The maximum Gasteiger partial charge on any atom is 0.217 e. The molecule has 0 radical (unpaired) electrons. The number of sulfonamides is 1. The van der Waals surface area contributed by atoms with Crippen molar-refractivity contribution in [1.82, 2.24) is 9.29 Å². The van der Waals surface area contributed by atoms with Crippen LogP contribution in [0.5, 0.6) is 0 Å². The standard InChI is InChI=1S/C16H22N2O4S/c19-23(20,13-3-4-13)18-8-9-21-16-14(18)5-6-15(16)22-11-12-2-1-7-17-10-12/h1-2,7,10,13-16H,3-6,8-9,11H2/t14-,15+,16+/m0/s1. The van der Waals surface area contributed by atoms with E-state index in [-0.39, 0.29) is 23.5 Å². The van der Waals surface area contributed by atoms with Gasteiger partial charge in [-0.25, -0.2) is 8.42 Å². The topological polar surface area (TPSA) is 68.7 Å². The lowest BCUT2D eigenvalue weighted by Crippen LogP contribution is -2.54. The Morgan fingerprint density at radius 2 is 2.17 bits per heavy atom. The zero-order chi connectivity index (χ0) is 15.9.